The third-order valence-corrected chi connectivity index (χ3v) is 6.13. The minimum atomic E-state index is -0.476. The van der Waals surface area contributed by atoms with Crippen molar-refractivity contribution >= 4 is 33.4 Å². The molecule has 1 atom stereocenters. The first-order chi connectivity index (χ1) is 11.3. The lowest BCUT2D eigenvalue weighted by atomic mass is 9.95. The molecule has 0 bridgehead atoms. The molecule has 0 unspecified atom stereocenters. The lowest BCUT2D eigenvalue weighted by molar-refractivity contribution is 0.0220. The number of carbonyl (C=O) groups is 1. The Morgan fingerprint density at radius 3 is 2.71 bits per heavy atom. The Morgan fingerprint density at radius 1 is 1.33 bits per heavy atom. The van der Waals surface area contributed by atoms with Gasteiger partial charge in [-0.3, -0.25) is 4.90 Å². The molecule has 3 heterocycles. The molecule has 2 aliphatic rings. The van der Waals surface area contributed by atoms with Crippen molar-refractivity contribution < 1.29 is 14.3 Å². The zero-order valence-corrected chi connectivity index (χ0v) is 16.9. The van der Waals surface area contributed by atoms with E-state index >= 15 is 0 Å². The van der Waals surface area contributed by atoms with Crippen LogP contribution in [0.4, 0.5) is 4.79 Å². The van der Waals surface area contributed by atoms with Crippen LogP contribution in [0.5, 0.6) is 0 Å². The van der Waals surface area contributed by atoms with Crippen LogP contribution < -0.4 is 0 Å². The number of amides is 1. The molecule has 2 fully saturated rings. The van der Waals surface area contributed by atoms with E-state index in [0.29, 0.717) is 5.92 Å². The highest BCUT2D eigenvalue weighted by Gasteiger charge is 2.37. The van der Waals surface area contributed by atoms with Crippen molar-refractivity contribution in [1.82, 2.24) is 9.88 Å². The lowest BCUT2D eigenvalue weighted by Crippen LogP contribution is -2.36. The smallest absolute Gasteiger partial charge is 0.410 e. The average Bonchev–Trinajstić information content (AvgIpc) is 3.12. The molecule has 1 aromatic heterocycles. The van der Waals surface area contributed by atoms with Crippen LogP contribution in [0.3, 0.4) is 0 Å². The van der Waals surface area contributed by atoms with Gasteiger partial charge in [-0.15, -0.1) is 11.3 Å². The maximum absolute atomic E-state index is 12.6. The topological polar surface area (TPSA) is 51.7 Å². The van der Waals surface area contributed by atoms with Gasteiger partial charge in [0.05, 0.1) is 11.7 Å². The van der Waals surface area contributed by atoms with Crippen LogP contribution in [0.25, 0.3) is 0 Å². The van der Waals surface area contributed by atoms with Gasteiger partial charge in [0.15, 0.2) is 3.92 Å². The van der Waals surface area contributed by atoms with Crippen LogP contribution in [0.15, 0.2) is 3.92 Å². The van der Waals surface area contributed by atoms with Crippen LogP contribution in [0.2, 0.25) is 0 Å². The number of nitrogens with zero attached hydrogens (tertiary/aromatic N) is 2. The Kier molecular flexibility index (Phi) is 5.52. The van der Waals surface area contributed by atoms with E-state index in [4.69, 9.17) is 14.5 Å². The van der Waals surface area contributed by atoms with E-state index in [0.717, 1.165) is 55.1 Å². The van der Waals surface area contributed by atoms with Gasteiger partial charge in [0.25, 0.3) is 0 Å². The number of hydrogen-bond acceptors (Lipinski definition) is 5. The molecule has 0 N–H and O–H groups in total. The third-order valence-electron chi connectivity index (χ3n) is 4.44. The van der Waals surface area contributed by atoms with Crippen LogP contribution >= 0.6 is 27.3 Å². The summed E-state index contributed by atoms with van der Waals surface area (Å²) in [6.07, 6.45) is 3.77. The van der Waals surface area contributed by atoms with Gasteiger partial charge in [-0.05, 0) is 68.3 Å². The average molecular weight is 417 g/mol. The molecule has 7 heteroatoms. The molecule has 0 saturated carbocycles. The Hall–Kier alpha value is -0.660. The zero-order chi connectivity index (χ0) is 17.3. The molecule has 2 saturated heterocycles. The summed E-state index contributed by atoms with van der Waals surface area (Å²) in [7, 11) is 0. The predicted octanol–water partition coefficient (Wildman–Crippen LogP) is 4.87. The van der Waals surface area contributed by atoms with Gasteiger partial charge in [0.2, 0.25) is 0 Å². The van der Waals surface area contributed by atoms with E-state index in [9.17, 15) is 4.79 Å². The van der Waals surface area contributed by atoms with Crippen molar-refractivity contribution in [2.75, 3.05) is 19.8 Å². The summed E-state index contributed by atoms with van der Waals surface area (Å²) in [5, 5.41) is 0. The maximum Gasteiger partial charge on any atom is 0.410 e. The van der Waals surface area contributed by atoms with Crippen molar-refractivity contribution in [3.05, 3.63) is 14.5 Å². The second kappa shape index (κ2) is 7.30. The summed E-state index contributed by atoms with van der Waals surface area (Å²) >= 11 is 5.25. The number of rotatable bonds is 2. The van der Waals surface area contributed by atoms with Crippen LogP contribution in [-0.4, -0.2) is 41.3 Å². The molecule has 0 aromatic carbocycles. The number of thiazole rings is 1. The third kappa shape index (κ3) is 4.11. The molecule has 134 valence electrons. The molecule has 2 aliphatic heterocycles. The highest BCUT2D eigenvalue weighted by Crippen LogP contribution is 2.43. The summed E-state index contributed by atoms with van der Waals surface area (Å²) in [6.45, 7) is 8.07. The Bertz CT molecular complexity index is 593. The van der Waals surface area contributed by atoms with E-state index in [1.54, 1.807) is 11.3 Å². The highest BCUT2D eigenvalue weighted by molar-refractivity contribution is 9.11. The van der Waals surface area contributed by atoms with E-state index in [1.165, 1.54) is 4.88 Å². The van der Waals surface area contributed by atoms with Gasteiger partial charge < -0.3 is 9.47 Å². The normalized spacial score (nSPS) is 22.8. The Labute approximate surface area is 155 Å². The molecule has 5 nitrogen and oxygen atoms in total. The number of aromatic nitrogens is 1. The first kappa shape index (κ1) is 18.1. The van der Waals surface area contributed by atoms with Crippen molar-refractivity contribution in [3.63, 3.8) is 0 Å². The number of likely N-dealkylation sites (tertiary alicyclic amines) is 1. The molecule has 0 aliphatic carbocycles. The Morgan fingerprint density at radius 2 is 2.04 bits per heavy atom. The maximum atomic E-state index is 12.6. The fourth-order valence-electron chi connectivity index (χ4n) is 3.40. The standard InChI is InChI=1S/C17H25BrN2O3S/c1-17(2,3)23-16(21)20-8-4-5-12(20)13-14(24-15(18)19-13)11-6-9-22-10-7-11/h11-12H,4-10H2,1-3H3/t12-/m0/s1. The summed E-state index contributed by atoms with van der Waals surface area (Å²) < 4.78 is 12.0. The van der Waals surface area contributed by atoms with Crippen molar-refractivity contribution in [2.24, 2.45) is 0 Å². The van der Waals surface area contributed by atoms with E-state index in [2.05, 4.69) is 15.9 Å². The number of ether oxygens (including phenoxy) is 2. The monoisotopic (exact) mass is 416 g/mol. The first-order valence-electron chi connectivity index (χ1n) is 8.58. The van der Waals surface area contributed by atoms with Crippen molar-refractivity contribution in [1.29, 1.82) is 0 Å². The largest absolute Gasteiger partial charge is 0.444 e. The minimum Gasteiger partial charge on any atom is -0.444 e. The van der Waals surface area contributed by atoms with Gasteiger partial charge in [0, 0.05) is 24.6 Å². The number of carbonyl (C=O) groups excluding carboxylic acids is 1. The highest BCUT2D eigenvalue weighted by atomic mass is 79.9. The van der Waals surface area contributed by atoms with Crippen molar-refractivity contribution in [2.45, 2.75) is 64.0 Å². The lowest BCUT2D eigenvalue weighted by Gasteiger charge is -2.29. The van der Waals surface area contributed by atoms with Gasteiger partial charge in [-0.25, -0.2) is 9.78 Å². The summed E-state index contributed by atoms with van der Waals surface area (Å²) in [4.78, 5) is 20.5. The molecule has 0 radical (unpaired) electrons. The summed E-state index contributed by atoms with van der Waals surface area (Å²) in [5.74, 6) is 0.485. The molecule has 1 aromatic rings. The van der Waals surface area contributed by atoms with Gasteiger partial charge in [-0.1, -0.05) is 0 Å². The molecular formula is C17H25BrN2O3S. The second-order valence-corrected chi connectivity index (χ2v) is 9.74. The van der Waals surface area contributed by atoms with E-state index in [1.807, 2.05) is 25.7 Å². The SMILES string of the molecule is CC(C)(C)OC(=O)N1CCC[C@H]1c1nc(Br)sc1C1CCOCC1. The second-order valence-electron chi connectivity index (χ2n) is 7.43. The molecule has 24 heavy (non-hydrogen) atoms. The molecular weight excluding hydrogens is 392 g/mol. The van der Waals surface area contributed by atoms with E-state index in [-0.39, 0.29) is 12.1 Å². The van der Waals surface area contributed by atoms with Crippen LogP contribution in [0.1, 0.15) is 69.0 Å². The molecule has 1 amide bonds. The number of halogens is 1. The van der Waals surface area contributed by atoms with Gasteiger partial charge >= 0.3 is 6.09 Å². The summed E-state index contributed by atoms with van der Waals surface area (Å²) in [5.41, 5.74) is 0.582. The van der Waals surface area contributed by atoms with Crippen molar-refractivity contribution in [3.8, 4) is 0 Å². The number of hydrogen-bond donors (Lipinski definition) is 0. The quantitative estimate of drug-likeness (QED) is 0.689. The fourth-order valence-corrected chi connectivity index (χ4v) is 5.12. The zero-order valence-electron chi connectivity index (χ0n) is 14.5. The van der Waals surface area contributed by atoms with E-state index < -0.39 is 5.60 Å². The molecule has 3 rings (SSSR count). The van der Waals surface area contributed by atoms with Crippen LogP contribution in [0, 0.1) is 0 Å². The summed E-state index contributed by atoms with van der Waals surface area (Å²) in [6, 6.07) is 0.0280. The van der Waals surface area contributed by atoms with Crippen LogP contribution in [-0.2, 0) is 9.47 Å². The van der Waals surface area contributed by atoms with Gasteiger partial charge in [0.1, 0.15) is 5.60 Å². The Balaban J connectivity index is 1.83. The minimum absolute atomic E-state index is 0.0280. The van der Waals surface area contributed by atoms with Gasteiger partial charge in [-0.2, -0.15) is 0 Å². The predicted molar refractivity (Wildman–Crippen MR) is 97.5 cm³/mol. The molecule has 0 spiro atoms. The fraction of sp³-hybridized carbons (Fsp3) is 0.765. The first-order valence-corrected chi connectivity index (χ1v) is 10.2.